The highest BCUT2D eigenvalue weighted by molar-refractivity contribution is 6.01. The maximum absolute atomic E-state index is 13.2. The Kier molecular flexibility index (Phi) is 4.25. The maximum atomic E-state index is 13.2. The van der Waals surface area contributed by atoms with Crippen LogP contribution in [-0.4, -0.2) is 35.8 Å². The van der Waals surface area contributed by atoms with E-state index in [9.17, 15) is 9.59 Å². The summed E-state index contributed by atoms with van der Waals surface area (Å²) < 4.78 is 12.1. The first-order valence-corrected chi connectivity index (χ1v) is 9.18. The van der Waals surface area contributed by atoms with Crippen molar-refractivity contribution in [3.05, 3.63) is 52.9 Å². The minimum Gasteiger partial charge on any atom is -0.496 e. The van der Waals surface area contributed by atoms with E-state index in [-0.39, 0.29) is 11.2 Å². The summed E-state index contributed by atoms with van der Waals surface area (Å²) in [6, 6.07) is 7.11. The van der Waals surface area contributed by atoms with E-state index in [0.29, 0.717) is 35.5 Å². The number of Topliss-reactive ketones (excluding diaryl/α,β-unsaturated/α-hetero) is 1. The number of benzene rings is 1. The van der Waals surface area contributed by atoms with Crippen LogP contribution in [0, 0.1) is 5.41 Å². The van der Waals surface area contributed by atoms with Crippen molar-refractivity contribution in [2.75, 3.05) is 19.5 Å². The average Bonchev–Trinajstić information content (AvgIpc) is 3.08. The third kappa shape index (κ3) is 2.78. The molecule has 0 saturated heterocycles. The van der Waals surface area contributed by atoms with Crippen LogP contribution in [-0.2, 0) is 9.53 Å². The zero-order chi connectivity index (χ0) is 20.1. The van der Waals surface area contributed by atoms with Crippen LogP contribution in [0.25, 0.3) is 0 Å². The Morgan fingerprint density at radius 3 is 2.71 bits per heavy atom. The fourth-order valence-corrected chi connectivity index (χ4v) is 4.15. The van der Waals surface area contributed by atoms with Gasteiger partial charge in [0.25, 0.3) is 0 Å². The lowest BCUT2D eigenvalue weighted by Crippen LogP contribution is -2.37. The number of ether oxygens (including phenoxy) is 2. The van der Waals surface area contributed by atoms with Crippen LogP contribution < -0.4 is 10.1 Å². The number of para-hydroxylation sites is 1. The number of anilines is 1. The van der Waals surface area contributed by atoms with E-state index in [2.05, 4.69) is 24.3 Å². The molecule has 2 heterocycles. The summed E-state index contributed by atoms with van der Waals surface area (Å²) in [4.78, 5) is 25.4. The molecule has 7 nitrogen and oxygen atoms in total. The summed E-state index contributed by atoms with van der Waals surface area (Å²) in [7, 11) is 2.94. The van der Waals surface area contributed by atoms with Gasteiger partial charge in [0.1, 0.15) is 23.2 Å². The number of methoxy groups -OCH3 is 2. The van der Waals surface area contributed by atoms with Crippen LogP contribution in [0.4, 0.5) is 5.82 Å². The predicted octanol–water partition coefficient (Wildman–Crippen LogP) is 3.34. The van der Waals surface area contributed by atoms with E-state index in [0.717, 1.165) is 11.3 Å². The number of allylic oxidation sites excluding steroid dienone is 2. The highest BCUT2D eigenvalue weighted by Gasteiger charge is 2.43. The van der Waals surface area contributed by atoms with Crippen molar-refractivity contribution in [3.63, 3.8) is 0 Å². The van der Waals surface area contributed by atoms with Crippen LogP contribution >= 0.6 is 0 Å². The Balaban J connectivity index is 1.96. The monoisotopic (exact) mass is 381 g/mol. The zero-order valence-electron chi connectivity index (χ0n) is 16.4. The van der Waals surface area contributed by atoms with E-state index >= 15 is 0 Å². The highest BCUT2D eigenvalue weighted by atomic mass is 16.5. The van der Waals surface area contributed by atoms with Crippen LogP contribution in [0.3, 0.4) is 0 Å². The number of ketones is 1. The third-order valence-corrected chi connectivity index (χ3v) is 5.34. The normalized spacial score (nSPS) is 20.1. The van der Waals surface area contributed by atoms with Crippen molar-refractivity contribution in [2.45, 2.75) is 32.7 Å². The van der Waals surface area contributed by atoms with Gasteiger partial charge in [0.2, 0.25) is 0 Å². The number of hydrogen-bond donors (Lipinski definition) is 1. The summed E-state index contributed by atoms with van der Waals surface area (Å²) in [5.41, 5.74) is 2.51. The number of carbonyl (C=O) groups is 2. The number of fused-ring (bicyclic) bond motifs is 1. The summed E-state index contributed by atoms with van der Waals surface area (Å²) in [6.07, 6.45) is 2.63. The number of rotatable bonds is 3. The highest BCUT2D eigenvalue weighted by Crippen LogP contribution is 2.47. The first kappa shape index (κ1) is 18.3. The Morgan fingerprint density at radius 1 is 1.25 bits per heavy atom. The first-order chi connectivity index (χ1) is 13.4. The predicted molar refractivity (Wildman–Crippen MR) is 103 cm³/mol. The molecular weight excluding hydrogens is 358 g/mol. The number of hydrogen-bond acceptors (Lipinski definition) is 6. The molecule has 7 heteroatoms. The molecule has 1 N–H and O–H groups in total. The summed E-state index contributed by atoms with van der Waals surface area (Å²) in [5, 5.41) is 7.74. The maximum Gasteiger partial charge on any atom is 0.343 e. The summed E-state index contributed by atoms with van der Waals surface area (Å²) in [5.74, 6) is 0.806. The van der Waals surface area contributed by atoms with Crippen molar-refractivity contribution in [1.82, 2.24) is 9.78 Å². The number of aromatic nitrogens is 2. The minimum absolute atomic E-state index is 0.0791. The van der Waals surface area contributed by atoms with Gasteiger partial charge < -0.3 is 14.8 Å². The molecule has 1 unspecified atom stereocenters. The topological polar surface area (TPSA) is 82.5 Å². The summed E-state index contributed by atoms with van der Waals surface area (Å²) >= 11 is 0. The van der Waals surface area contributed by atoms with Crippen molar-refractivity contribution in [2.24, 2.45) is 5.41 Å². The Hall–Kier alpha value is -3.09. The summed E-state index contributed by atoms with van der Waals surface area (Å²) in [6.45, 7) is 4.14. The Bertz CT molecular complexity index is 1000. The molecule has 2 aromatic rings. The van der Waals surface area contributed by atoms with Gasteiger partial charge in [0.05, 0.1) is 20.4 Å². The SMILES string of the molecule is COC(=O)c1cnn2c1NC1=C(C(=O)CC(C)(C)C1)C2c1ccccc1OC. The molecule has 0 saturated carbocycles. The van der Waals surface area contributed by atoms with E-state index in [4.69, 9.17) is 9.47 Å². The molecule has 0 fully saturated rings. The molecule has 1 aliphatic heterocycles. The fourth-order valence-electron chi connectivity index (χ4n) is 4.15. The van der Waals surface area contributed by atoms with E-state index in [1.54, 1.807) is 11.8 Å². The molecule has 0 bridgehead atoms. The Morgan fingerprint density at radius 2 is 2.00 bits per heavy atom. The third-order valence-electron chi connectivity index (χ3n) is 5.34. The molecule has 0 amide bonds. The van der Waals surface area contributed by atoms with Gasteiger partial charge in [-0.05, 0) is 17.9 Å². The standard InChI is InChI=1S/C21H23N3O4/c1-21(2)9-14-17(15(25)10-21)18(12-7-5-6-8-16(12)27-3)24-19(23-14)13(11-22-24)20(26)28-4/h5-8,11,18,23H,9-10H2,1-4H3. The van der Waals surface area contributed by atoms with Crippen LogP contribution in [0.2, 0.25) is 0 Å². The van der Waals surface area contributed by atoms with E-state index in [1.165, 1.54) is 13.3 Å². The van der Waals surface area contributed by atoms with Gasteiger partial charge in [-0.2, -0.15) is 5.10 Å². The molecule has 0 spiro atoms. The zero-order valence-corrected chi connectivity index (χ0v) is 16.4. The lowest BCUT2D eigenvalue weighted by atomic mass is 9.73. The van der Waals surface area contributed by atoms with E-state index < -0.39 is 12.0 Å². The van der Waals surface area contributed by atoms with Crippen molar-refractivity contribution < 1.29 is 19.1 Å². The fraction of sp³-hybridized carbons (Fsp3) is 0.381. The molecule has 1 atom stereocenters. The second kappa shape index (κ2) is 6.51. The molecule has 2 aliphatic rings. The smallest absolute Gasteiger partial charge is 0.343 e. The quantitative estimate of drug-likeness (QED) is 0.821. The largest absolute Gasteiger partial charge is 0.496 e. The van der Waals surface area contributed by atoms with Crippen molar-refractivity contribution in [3.8, 4) is 5.75 Å². The lowest BCUT2D eigenvalue weighted by molar-refractivity contribution is -0.118. The molecule has 1 aliphatic carbocycles. The molecule has 1 aromatic heterocycles. The second-order valence-corrected chi connectivity index (χ2v) is 7.95. The van der Waals surface area contributed by atoms with Gasteiger partial charge in [0, 0.05) is 23.3 Å². The van der Waals surface area contributed by atoms with Gasteiger partial charge in [0.15, 0.2) is 5.78 Å². The van der Waals surface area contributed by atoms with Crippen molar-refractivity contribution >= 4 is 17.6 Å². The molecular formula is C21H23N3O4. The van der Waals surface area contributed by atoms with Crippen LogP contribution in [0.15, 0.2) is 41.7 Å². The first-order valence-electron chi connectivity index (χ1n) is 9.18. The Labute approximate surface area is 163 Å². The van der Waals surface area contributed by atoms with Crippen molar-refractivity contribution in [1.29, 1.82) is 0 Å². The van der Waals surface area contributed by atoms with E-state index in [1.807, 2.05) is 24.3 Å². The van der Waals surface area contributed by atoms with Gasteiger partial charge in [-0.15, -0.1) is 0 Å². The van der Waals surface area contributed by atoms with Gasteiger partial charge in [-0.1, -0.05) is 32.0 Å². The van der Waals surface area contributed by atoms with Gasteiger partial charge in [-0.25, -0.2) is 9.48 Å². The minimum atomic E-state index is -0.474. The number of esters is 1. The molecule has 0 radical (unpaired) electrons. The number of carbonyl (C=O) groups excluding carboxylic acids is 2. The molecule has 1 aromatic carbocycles. The lowest BCUT2D eigenvalue weighted by Gasteiger charge is -2.39. The second-order valence-electron chi connectivity index (χ2n) is 7.95. The average molecular weight is 381 g/mol. The van der Waals surface area contributed by atoms with Gasteiger partial charge in [-0.3, -0.25) is 4.79 Å². The molecule has 28 heavy (non-hydrogen) atoms. The van der Waals surface area contributed by atoms with Crippen LogP contribution in [0.5, 0.6) is 5.75 Å². The number of nitrogens with zero attached hydrogens (tertiary/aromatic N) is 2. The molecule has 146 valence electrons. The van der Waals surface area contributed by atoms with Crippen LogP contribution in [0.1, 0.15) is 48.7 Å². The van der Waals surface area contributed by atoms with Gasteiger partial charge >= 0.3 is 5.97 Å². The number of nitrogens with one attached hydrogen (secondary N) is 1. The molecule has 4 rings (SSSR count).